The van der Waals surface area contributed by atoms with E-state index in [1.807, 2.05) is 54.6 Å². The molecule has 3 aromatic carbocycles. The number of nitrogens with two attached hydrogens (primary N) is 1. The largest absolute Gasteiger partial charge is 0.457 e. The van der Waals surface area contributed by atoms with Gasteiger partial charge in [-0.3, -0.25) is 0 Å². The van der Waals surface area contributed by atoms with E-state index in [2.05, 4.69) is 9.97 Å². The van der Waals surface area contributed by atoms with E-state index in [1.54, 1.807) is 22.9 Å². The van der Waals surface area contributed by atoms with Crippen LogP contribution in [0.3, 0.4) is 0 Å². The average molecular weight is 411 g/mol. The van der Waals surface area contributed by atoms with Crippen LogP contribution in [0.25, 0.3) is 22.3 Å². The Kier molecular flexibility index (Phi) is 4.76. The summed E-state index contributed by atoms with van der Waals surface area (Å²) in [6.07, 6.45) is 1.39. The molecule has 0 aliphatic carbocycles. The lowest BCUT2D eigenvalue weighted by Crippen LogP contribution is -2.05. The smallest absolute Gasteiger partial charge is 0.164 e. The van der Waals surface area contributed by atoms with Crippen LogP contribution >= 0.6 is 0 Å². The number of halogens is 1. The molecule has 0 fully saturated rings. The first-order valence-corrected chi connectivity index (χ1v) is 9.73. The molecule has 0 saturated carbocycles. The lowest BCUT2D eigenvalue weighted by Gasteiger charge is -2.06. The number of rotatable bonds is 5. The van der Waals surface area contributed by atoms with E-state index in [4.69, 9.17) is 15.6 Å². The third-order valence-corrected chi connectivity index (χ3v) is 4.94. The summed E-state index contributed by atoms with van der Waals surface area (Å²) in [5.74, 6) is 1.49. The number of aromatic nitrogens is 4. The maximum Gasteiger partial charge on any atom is 0.164 e. The molecule has 0 aliphatic rings. The van der Waals surface area contributed by atoms with Gasteiger partial charge < -0.3 is 10.5 Å². The van der Waals surface area contributed by atoms with Gasteiger partial charge in [-0.05, 0) is 42.5 Å². The monoisotopic (exact) mass is 411 g/mol. The Morgan fingerprint density at radius 3 is 2.32 bits per heavy atom. The van der Waals surface area contributed by atoms with E-state index in [0.717, 1.165) is 11.3 Å². The van der Waals surface area contributed by atoms with Gasteiger partial charge in [0.1, 0.15) is 35.2 Å². The predicted octanol–water partition coefficient (Wildman–Crippen LogP) is 5.06. The van der Waals surface area contributed by atoms with Crippen molar-refractivity contribution in [1.29, 1.82) is 0 Å². The molecule has 2 N–H and O–H groups in total. The van der Waals surface area contributed by atoms with E-state index in [0.29, 0.717) is 33.9 Å². The van der Waals surface area contributed by atoms with Crippen molar-refractivity contribution in [2.24, 2.45) is 0 Å². The Hall–Kier alpha value is -4.26. The molecule has 2 heterocycles. The van der Waals surface area contributed by atoms with E-state index < -0.39 is 0 Å². The van der Waals surface area contributed by atoms with Crippen LogP contribution in [0.2, 0.25) is 0 Å². The van der Waals surface area contributed by atoms with Crippen molar-refractivity contribution in [2.45, 2.75) is 6.54 Å². The van der Waals surface area contributed by atoms with Crippen molar-refractivity contribution in [3.05, 3.63) is 96.6 Å². The van der Waals surface area contributed by atoms with Crippen molar-refractivity contribution in [3.63, 3.8) is 0 Å². The molecule has 0 unspecified atom stereocenters. The first-order chi connectivity index (χ1) is 15.2. The number of anilines is 1. The van der Waals surface area contributed by atoms with Crippen LogP contribution in [0.5, 0.6) is 11.5 Å². The lowest BCUT2D eigenvalue weighted by atomic mass is 10.1. The van der Waals surface area contributed by atoms with Gasteiger partial charge in [0.25, 0.3) is 0 Å². The third kappa shape index (κ3) is 3.69. The molecule has 5 rings (SSSR count). The molecule has 0 bridgehead atoms. The quantitative estimate of drug-likeness (QED) is 0.438. The van der Waals surface area contributed by atoms with Crippen LogP contribution in [-0.2, 0) is 6.54 Å². The van der Waals surface area contributed by atoms with Crippen molar-refractivity contribution in [2.75, 3.05) is 5.73 Å². The first kappa shape index (κ1) is 18.7. The Labute approximate surface area is 177 Å². The number of hydrogen-bond acceptors (Lipinski definition) is 5. The van der Waals surface area contributed by atoms with Crippen LogP contribution in [0.1, 0.15) is 5.56 Å². The summed E-state index contributed by atoms with van der Waals surface area (Å²) in [6.45, 7) is 0.231. The highest BCUT2D eigenvalue weighted by molar-refractivity contribution is 5.98. The zero-order valence-electron chi connectivity index (χ0n) is 16.4. The van der Waals surface area contributed by atoms with Gasteiger partial charge in [0.15, 0.2) is 5.65 Å². The van der Waals surface area contributed by atoms with Crippen molar-refractivity contribution >= 4 is 16.9 Å². The molecule has 5 aromatic rings. The van der Waals surface area contributed by atoms with E-state index in [1.165, 1.54) is 12.4 Å². The van der Waals surface area contributed by atoms with Crippen molar-refractivity contribution in [1.82, 2.24) is 19.7 Å². The SMILES string of the molecule is Nc1ncnc2c1c(-c1ccc(Oc3ccccc3)cc1)nn2Cc1ccccc1F. The predicted molar refractivity (Wildman–Crippen MR) is 117 cm³/mol. The highest BCUT2D eigenvalue weighted by Crippen LogP contribution is 2.32. The summed E-state index contributed by atoms with van der Waals surface area (Å²) in [5, 5.41) is 5.33. The Balaban J connectivity index is 1.53. The van der Waals surface area contributed by atoms with Gasteiger partial charge in [0.2, 0.25) is 0 Å². The molecular formula is C24H18FN5O. The minimum Gasteiger partial charge on any atom is -0.457 e. The van der Waals surface area contributed by atoms with E-state index >= 15 is 0 Å². The Morgan fingerprint density at radius 1 is 0.839 bits per heavy atom. The molecule has 0 radical (unpaired) electrons. The molecule has 0 amide bonds. The maximum absolute atomic E-state index is 14.2. The molecule has 0 spiro atoms. The van der Waals surface area contributed by atoms with Crippen LogP contribution in [-0.4, -0.2) is 19.7 Å². The Bertz CT molecular complexity index is 1350. The van der Waals surface area contributed by atoms with Gasteiger partial charge >= 0.3 is 0 Å². The zero-order chi connectivity index (χ0) is 21.2. The van der Waals surface area contributed by atoms with Gasteiger partial charge in [-0.2, -0.15) is 5.10 Å². The van der Waals surface area contributed by atoms with Crippen LogP contribution < -0.4 is 10.5 Å². The van der Waals surface area contributed by atoms with Crippen LogP contribution in [0.4, 0.5) is 10.2 Å². The van der Waals surface area contributed by atoms with Gasteiger partial charge in [0, 0.05) is 11.1 Å². The van der Waals surface area contributed by atoms with Crippen LogP contribution in [0, 0.1) is 5.82 Å². The fourth-order valence-electron chi connectivity index (χ4n) is 3.44. The second-order valence-corrected chi connectivity index (χ2v) is 6.99. The summed E-state index contributed by atoms with van der Waals surface area (Å²) in [6, 6.07) is 23.7. The van der Waals surface area contributed by atoms with Gasteiger partial charge in [-0.15, -0.1) is 0 Å². The minimum absolute atomic E-state index is 0.231. The number of para-hydroxylation sites is 1. The van der Waals surface area contributed by atoms with Gasteiger partial charge in [-0.1, -0.05) is 36.4 Å². The molecule has 2 aromatic heterocycles. The molecule has 6 nitrogen and oxygen atoms in total. The minimum atomic E-state index is -0.294. The number of hydrogen-bond donors (Lipinski definition) is 1. The van der Waals surface area contributed by atoms with E-state index in [9.17, 15) is 4.39 Å². The molecule has 0 saturated heterocycles. The second-order valence-electron chi connectivity index (χ2n) is 6.99. The fourth-order valence-corrected chi connectivity index (χ4v) is 3.44. The molecule has 0 atom stereocenters. The first-order valence-electron chi connectivity index (χ1n) is 9.73. The van der Waals surface area contributed by atoms with Crippen molar-refractivity contribution in [3.8, 4) is 22.8 Å². The molecule has 0 aliphatic heterocycles. The van der Waals surface area contributed by atoms with Gasteiger partial charge in [0.05, 0.1) is 11.9 Å². The summed E-state index contributed by atoms with van der Waals surface area (Å²) in [7, 11) is 0. The molecule has 31 heavy (non-hydrogen) atoms. The highest BCUT2D eigenvalue weighted by Gasteiger charge is 2.18. The van der Waals surface area contributed by atoms with Gasteiger partial charge in [-0.25, -0.2) is 19.0 Å². The summed E-state index contributed by atoms with van der Waals surface area (Å²) in [4.78, 5) is 8.47. The summed E-state index contributed by atoms with van der Waals surface area (Å²) >= 11 is 0. The number of nitrogen functional groups attached to an aromatic ring is 1. The standard InChI is InChI=1S/C24H18FN5O/c25-20-9-5-4-6-17(20)14-30-24-21(23(26)27-15-28-24)22(29-30)16-10-12-19(13-11-16)31-18-7-2-1-3-8-18/h1-13,15H,14H2,(H2,26,27,28). The van der Waals surface area contributed by atoms with Crippen molar-refractivity contribution < 1.29 is 9.13 Å². The van der Waals surface area contributed by atoms with Crippen LogP contribution in [0.15, 0.2) is 85.2 Å². The number of benzene rings is 3. The van der Waals surface area contributed by atoms with E-state index in [-0.39, 0.29) is 12.4 Å². The fraction of sp³-hybridized carbons (Fsp3) is 0.0417. The highest BCUT2D eigenvalue weighted by atomic mass is 19.1. The molecule has 7 heteroatoms. The summed E-state index contributed by atoms with van der Waals surface area (Å²) in [5.41, 5.74) is 8.69. The zero-order valence-corrected chi connectivity index (χ0v) is 16.4. The third-order valence-electron chi connectivity index (χ3n) is 4.94. The Morgan fingerprint density at radius 2 is 1.55 bits per heavy atom. The normalized spacial score (nSPS) is 11.0. The average Bonchev–Trinajstić information content (AvgIpc) is 3.16. The number of nitrogens with zero attached hydrogens (tertiary/aromatic N) is 4. The second kappa shape index (κ2) is 7.87. The molecule has 152 valence electrons. The topological polar surface area (TPSA) is 78.8 Å². The molecular weight excluding hydrogens is 393 g/mol. The number of ether oxygens (including phenoxy) is 1. The number of fused-ring (bicyclic) bond motifs is 1. The maximum atomic E-state index is 14.2. The lowest BCUT2D eigenvalue weighted by molar-refractivity contribution is 0.483. The summed E-state index contributed by atoms with van der Waals surface area (Å²) < 4.78 is 21.7.